The summed E-state index contributed by atoms with van der Waals surface area (Å²) < 4.78 is 297. The van der Waals surface area contributed by atoms with E-state index in [0.717, 1.165) is 19.0 Å². The normalized spacial score (nSPS) is 11.7. The summed E-state index contributed by atoms with van der Waals surface area (Å²) in [6.45, 7) is 0. The molecule has 0 spiro atoms. The van der Waals surface area contributed by atoms with Crippen molar-refractivity contribution in [2.24, 2.45) is 0 Å². The van der Waals surface area contributed by atoms with Gasteiger partial charge in [-0.25, -0.2) is 87.8 Å². The first-order valence-electron chi connectivity index (χ1n) is 20.7. The number of carbonyl (C=O) groups is 1. The molecule has 8 rings (SSSR count). The Kier molecular flexibility index (Phi) is 16.8. The molecule has 26 heteroatoms. The molecule has 0 amide bonds. The summed E-state index contributed by atoms with van der Waals surface area (Å²) in [6, 6.07) is 34.9. The van der Waals surface area contributed by atoms with Crippen LogP contribution in [0.4, 0.5) is 87.8 Å². The van der Waals surface area contributed by atoms with Gasteiger partial charge in [0.2, 0.25) is 5.78 Å². The number of halogens is 23. The third-order valence-electron chi connectivity index (χ3n) is 12.0. The Morgan fingerprint density at radius 3 is 0.711 bits per heavy atom. The van der Waals surface area contributed by atoms with Gasteiger partial charge in [0.05, 0.1) is 0 Å². The number of hydrogen-bond donors (Lipinski definition) is 0. The second-order valence-electron chi connectivity index (χ2n) is 16.0. The van der Waals surface area contributed by atoms with E-state index in [1.165, 1.54) is 15.9 Å². The fourth-order valence-corrected chi connectivity index (χ4v) is 13.4. The molecule has 0 bridgehead atoms. The molecule has 0 heterocycles. The van der Waals surface area contributed by atoms with Crippen LogP contribution in [-0.4, -0.2) is 18.1 Å². The first-order chi connectivity index (χ1) is 35.7. The quantitative estimate of drug-likeness (QED) is 0.0333. The summed E-state index contributed by atoms with van der Waals surface area (Å²) >= 11 is 10.7. The van der Waals surface area contributed by atoms with E-state index < -0.39 is 152 Å². The molecule has 0 fully saturated rings. The van der Waals surface area contributed by atoms with Gasteiger partial charge in [-0.15, -0.1) is 21.9 Å². The average molecular weight is 1300 g/mol. The summed E-state index contributed by atoms with van der Waals surface area (Å²) in [5.41, 5.74) is -13.6. The van der Waals surface area contributed by atoms with Crippen molar-refractivity contribution in [3.63, 3.8) is 0 Å². The molecule has 0 aromatic heterocycles. The van der Waals surface area contributed by atoms with E-state index in [1.807, 2.05) is 30.3 Å². The lowest BCUT2D eigenvalue weighted by Crippen LogP contribution is -2.81. The summed E-state index contributed by atoms with van der Waals surface area (Å²) in [5.74, 6) is -71.2. The second-order valence-corrected chi connectivity index (χ2v) is 22.2. The predicted molar refractivity (Wildman–Crippen MR) is 253 cm³/mol. The zero-order valence-electron chi connectivity index (χ0n) is 36.6. The van der Waals surface area contributed by atoms with Crippen molar-refractivity contribution in [2.45, 2.75) is 0 Å². The van der Waals surface area contributed by atoms with Gasteiger partial charge in [-0.2, -0.15) is 0 Å². The van der Waals surface area contributed by atoms with Gasteiger partial charge in [-0.1, -0.05) is 78.1 Å². The Hall–Kier alpha value is -6.04. The molecule has 1 nitrogen and oxygen atoms in total. The van der Waals surface area contributed by atoms with Crippen LogP contribution in [0, 0.1) is 116 Å². The third kappa shape index (κ3) is 9.52. The first kappa shape index (κ1) is 57.7. The molecular weight excluding hydrogens is 1280 g/mol. The van der Waals surface area contributed by atoms with Gasteiger partial charge in [0.1, 0.15) is 82.0 Å². The zero-order valence-corrected chi connectivity index (χ0v) is 42.3. The van der Waals surface area contributed by atoms with Gasteiger partial charge in [0.15, 0.2) is 69.8 Å². The maximum Gasteiger partial charge on any atom is 0.201 e. The van der Waals surface area contributed by atoms with Crippen LogP contribution in [0.1, 0.15) is 10.4 Å². The SMILES string of the molecule is Fc1c(F)c(F)c([B-](c2c(F)c(F)c(F)c(F)c2F)(c2c(F)c(F)c(F)c(F)c2F)c2c(F)c(F)c(F)c(F)c2F)c(F)c1F.O=C(C[P+](c1ccc(Br)cc1)(c1ccc(Br)cc1)c1ccc(Br)cc1)c1ccccc1. The average Bonchev–Trinajstić information content (AvgIpc) is 3.43. The predicted octanol–water partition coefficient (Wildman–Crippen LogP) is 13.0. The van der Waals surface area contributed by atoms with E-state index in [1.54, 1.807) is 0 Å². The molecule has 0 saturated heterocycles. The number of ketones is 1. The fraction of sp³-hybridized carbons (Fsp3) is 0.0200. The molecule has 0 unspecified atom stereocenters. The summed E-state index contributed by atoms with van der Waals surface area (Å²) in [4.78, 5) is 13.6. The van der Waals surface area contributed by atoms with E-state index in [4.69, 9.17) is 0 Å². The minimum atomic E-state index is -7.22. The van der Waals surface area contributed by atoms with E-state index in [9.17, 15) is 57.5 Å². The van der Waals surface area contributed by atoms with Gasteiger partial charge in [-0.05, 0) is 72.8 Å². The highest BCUT2D eigenvalue weighted by Crippen LogP contribution is 2.56. The standard InChI is InChI=1S/C26H19Br3OP.C24BF20/c27-20-6-12-23(13-7-20)31(24-14-8-21(28)9-15-24,25-16-10-22(29)11-17-25)18-26(30)19-4-2-1-3-5-19;26-5-1(6(27)14(35)21(42)13(5)34)25(2-7(28)15(36)22(43)16(37)8(2)29,3-9(30)17(38)23(44)18(39)10(3)31)4-11(32)19(40)24(45)20(41)12(4)33/h1-17H,18H2;/q+1;-1. The second kappa shape index (κ2) is 22.1. The van der Waals surface area contributed by atoms with Gasteiger partial charge < -0.3 is 0 Å². The van der Waals surface area contributed by atoms with Gasteiger partial charge >= 0.3 is 0 Å². The Morgan fingerprint density at radius 1 is 0.303 bits per heavy atom. The molecular formula is C50H19BBr3F20OP. The van der Waals surface area contributed by atoms with Crippen molar-refractivity contribution in [1.82, 2.24) is 0 Å². The monoisotopic (exact) mass is 1290 g/mol. The maximum atomic E-state index is 15.4. The van der Waals surface area contributed by atoms with Gasteiger partial charge in [0.25, 0.3) is 0 Å². The van der Waals surface area contributed by atoms with Crippen molar-refractivity contribution in [3.8, 4) is 0 Å². The molecule has 0 radical (unpaired) electrons. The Balaban J connectivity index is 0.000000236. The van der Waals surface area contributed by atoms with Crippen molar-refractivity contribution in [3.05, 3.63) is 238 Å². The van der Waals surface area contributed by atoms with E-state index in [0.29, 0.717) is 6.16 Å². The highest BCUT2D eigenvalue weighted by atomic mass is 79.9. The molecule has 0 aliphatic heterocycles. The topological polar surface area (TPSA) is 17.1 Å². The maximum absolute atomic E-state index is 15.4. The Morgan fingerprint density at radius 2 is 0.500 bits per heavy atom. The first-order valence-corrected chi connectivity index (χ1v) is 25.0. The molecule has 0 N–H and O–H groups in total. The molecule has 0 aliphatic rings. The Labute approximate surface area is 439 Å². The lowest BCUT2D eigenvalue weighted by molar-refractivity contribution is 0.102. The highest BCUT2D eigenvalue weighted by molar-refractivity contribution is 9.11. The molecule has 8 aromatic rings. The smallest absolute Gasteiger partial charge is 0.201 e. The molecule has 394 valence electrons. The number of carbonyl (C=O) groups excluding carboxylic acids is 1. The van der Waals surface area contributed by atoms with Crippen LogP contribution >= 0.6 is 55.1 Å². The number of rotatable bonds is 10. The van der Waals surface area contributed by atoms with Crippen molar-refractivity contribution >= 4 is 105 Å². The van der Waals surface area contributed by atoms with Crippen LogP contribution in [0.3, 0.4) is 0 Å². The van der Waals surface area contributed by atoms with E-state index in [2.05, 4.69) is 121 Å². The minimum absolute atomic E-state index is 0.155. The van der Waals surface area contributed by atoms with E-state index in [-0.39, 0.29) is 5.78 Å². The third-order valence-corrected chi connectivity index (χ3v) is 17.9. The summed E-state index contributed by atoms with van der Waals surface area (Å²) in [7, 11) is -2.25. The minimum Gasteiger partial charge on any atom is -0.290 e. The molecule has 0 saturated carbocycles. The van der Waals surface area contributed by atoms with Crippen LogP contribution in [0.5, 0.6) is 0 Å². The van der Waals surface area contributed by atoms with E-state index >= 15 is 35.1 Å². The summed E-state index contributed by atoms with van der Waals surface area (Å²) in [5, 5.41) is 3.55. The van der Waals surface area contributed by atoms with Crippen LogP contribution in [0.25, 0.3) is 0 Å². The van der Waals surface area contributed by atoms with Gasteiger partial charge in [-0.3, -0.25) is 4.79 Å². The number of benzene rings is 8. The van der Waals surface area contributed by atoms with Crippen LogP contribution in [0.2, 0.25) is 0 Å². The van der Waals surface area contributed by atoms with Crippen molar-refractivity contribution < 1.29 is 92.6 Å². The van der Waals surface area contributed by atoms with Crippen molar-refractivity contribution in [1.29, 1.82) is 0 Å². The number of hydrogen-bond acceptors (Lipinski definition) is 1. The largest absolute Gasteiger partial charge is 0.290 e. The molecule has 8 aromatic carbocycles. The Bertz CT molecular complexity index is 3120. The summed E-state index contributed by atoms with van der Waals surface area (Å²) in [6.07, 6.45) is -6.78. The zero-order chi connectivity index (χ0) is 56.2. The van der Waals surface area contributed by atoms with Gasteiger partial charge in [0, 0.05) is 19.0 Å². The van der Waals surface area contributed by atoms with Crippen LogP contribution < -0.4 is 37.8 Å². The van der Waals surface area contributed by atoms with Crippen LogP contribution in [-0.2, 0) is 0 Å². The number of Topliss-reactive ketones (excluding diaryl/α,β-unsaturated/α-hetero) is 1. The van der Waals surface area contributed by atoms with Crippen molar-refractivity contribution in [2.75, 3.05) is 6.16 Å². The molecule has 76 heavy (non-hydrogen) atoms. The lowest BCUT2D eigenvalue weighted by atomic mass is 9.12. The molecule has 0 aliphatic carbocycles. The highest BCUT2D eigenvalue weighted by Gasteiger charge is 2.53. The lowest BCUT2D eigenvalue weighted by Gasteiger charge is -2.44. The van der Waals surface area contributed by atoms with Crippen LogP contribution in [0.15, 0.2) is 117 Å². The fourth-order valence-electron chi connectivity index (χ4n) is 8.61. The molecule has 0 atom stereocenters.